The lowest BCUT2D eigenvalue weighted by molar-refractivity contribution is -0.134. The van der Waals surface area contributed by atoms with Crippen LogP contribution in [0.2, 0.25) is 0 Å². The van der Waals surface area contributed by atoms with Crippen molar-refractivity contribution in [2.75, 3.05) is 6.54 Å². The number of carbonyl (C=O) groups excluding carboxylic acids is 3. The molecule has 0 radical (unpaired) electrons. The third kappa shape index (κ3) is 11.1. The number of aromatic hydroxyl groups is 1. The first-order valence-corrected chi connectivity index (χ1v) is 15.8. The van der Waals surface area contributed by atoms with E-state index in [9.17, 15) is 19.5 Å². The van der Waals surface area contributed by atoms with Gasteiger partial charge in [0.15, 0.2) is 17.9 Å². The van der Waals surface area contributed by atoms with Crippen molar-refractivity contribution in [1.29, 1.82) is 5.41 Å². The number of nitrogens with two attached hydrogens (primary N) is 2. The number of H-pyrrole nitrogens is 1. The Bertz CT molecular complexity index is 1690. The highest BCUT2D eigenvalue weighted by Crippen LogP contribution is 2.23. The number of ether oxygens (including phenoxy) is 1. The number of phenolic OH excluding ortho intramolecular Hbond substituents is 1. The number of carbonyl (C=O) groups is 3. The van der Waals surface area contributed by atoms with E-state index in [1.807, 2.05) is 30.3 Å². The van der Waals surface area contributed by atoms with Crippen molar-refractivity contribution in [3.8, 4) is 5.75 Å². The van der Waals surface area contributed by atoms with Crippen molar-refractivity contribution in [1.82, 2.24) is 36.1 Å². The number of hydrogen-bond donors (Lipinski definition) is 8. The lowest BCUT2D eigenvalue weighted by atomic mass is 9.95. The quantitative estimate of drug-likeness (QED) is 0.0454. The van der Waals surface area contributed by atoms with Crippen LogP contribution >= 0.6 is 0 Å². The summed E-state index contributed by atoms with van der Waals surface area (Å²) in [6.07, 6.45) is 2.47. The van der Waals surface area contributed by atoms with Gasteiger partial charge in [0.05, 0.1) is 12.0 Å². The minimum Gasteiger partial charge on any atom is -0.508 e. The fraction of sp³-hybridized carbons (Fsp3) is 0.364. The molecular formula is C33H42N10O6. The third-order valence-corrected chi connectivity index (χ3v) is 7.78. The van der Waals surface area contributed by atoms with Gasteiger partial charge in [-0.05, 0) is 67.5 Å². The summed E-state index contributed by atoms with van der Waals surface area (Å²) in [5.41, 5.74) is 14.5. The number of hydrogen-bond acceptors (Lipinski definition) is 10. The zero-order chi connectivity index (χ0) is 35.3. The molecule has 3 amide bonds. The second-order valence-corrected chi connectivity index (χ2v) is 11.6. The number of aromatic nitrogens is 4. The minimum atomic E-state index is -1.33. The van der Waals surface area contributed by atoms with Gasteiger partial charge in [0.25, 0.3) is 5.91 Å². The smallest absolute Gasteiger partial charge is 0.405 e. The molecule has 2 aromatic carbocycles. The Morgan fingerprint density at radius 1 is 1.04 bits per heavy atom. The molecule has 0 saturated heterocycles. The number of guanidine groups is 1. The van der Waals surface area contributed by atoms with Crippen LogP contribution in [-0.4, -0.2) is 67.8 Å². The number of primary amides is 1. The molecule has 260 valence electrons. The normalized spacial score (nSPS) is 12.8. The van der Waals surface area contributed by atoms with Gasteiger partial charge in [0.1, 0.15) is 17.8 Å². The summed E-state index contributed by atoms with van der Waals surface area (Å²) in [4.78, 5) is 51.1. The Hall–Kier alpha value is -5.93. The monoisotopic (exact) mass is 674 g/mol. The van der Waals surface area contributed by atoms with Crippen LogP contribution in [-0.2, 0) is 40.0 Å². The number of phenols is 1. The molecule has 0 saturated carbocycles. The highest BCUT2D eigenvalue weighted by atomic mass is 16.6. The second-order valence-electron chi connectivity index (χ2n) is 11.6. The topological polar surface area (TPSA) is 260 Å². The van der Waals surface area contributed by atoms with Gasteiger partial charge in [-0.1, -0.05) is 35.5 Å². The molecule has 16 heteroatoms. The van der Waals surface area contributed by atoms with Crippen molar-refractivity contribution in [3.05, 3.63) is 94.7 Å². The molecule has 0 bridgehead atoms. The Morgan fingerprint density at radius 2 is 1.78 bits per heavy atom. The van der Waals surface area contributed by atoms with E-state index in [1.165, 1.54) is 6.33 Å². The van der Waals surface area contributed by atoms with Crippen LogP contribution in [0.25, 0.3) is 0 Å². The molecular weight excluding hydrogens is 632 g/mol. The van der Waals surface area contributed by atoms with E-state index < -0.39 is 36.1 Å². The number of imidazole rings is 1. The molecule has 4 aromatic rings. The molecule has 0 spiro atoms. The molecule has 16 nitrogen and oxygen atoms in total. The lowest BCUT2D eigenvalue weighted by Crippen LogP contribution is -2.52. The average Bonchev–Trinajstić information content (AvgIpc) is 3.75. The molecule has 0 aliphatic rings. The Labute approximate surface area is 282 Å². The highest BCUT2D eigenvalue weighted by molar-refractivity contribution is 5.90. The van der Waals surface area contributed by atoms with Gasteiger partial charge < -0.3 is 46.8 Å². The summed E-state index contributed by atoms with van der Waals surface area (Å²) in [6.45, 7) is 3.81. The van der Waals surface area contributed by atoms with Crippen LogP contribution in [0.1, 0.15) is 58.5 Å². The van der Waals surface area contributed by atoms with E-state index >= 15 is 0 Å². The first-order valence-electron chi connectivity index (χ1n) is 15.8. The zero-order valence-corrected chi connectivity index (χ0v) is 27.4. The number of rotatable bonds is 17. The molecule has 0 aliphatic carbocycles. The van der Waals surface area contributed by atoms with Crippen LogP contribution in [0.4, 0.5) is 4.79 Å². The van der Waals surface area contributed by atoms with Crippen LogP contribution in [0.3, 0.4) is 0 Å². The van der Waals surface area contributed by atoms with Crippen LogP contribution < -0.4 is 27.4 Å². The van der Waals surface area contributed by atoms with Gasteiger partial charge in [0.2, 0.25) is 11.8 Å². The lowest BCUT2D eigenvalue weighted by Gasteiger charge is -2.25. The van der Waals surface area contributed by atoms with Crippen molar-refractivity contribution in [2.24, 2.45) is 11.5 Å². The number of nitrogens with zero attached hydrogens (tertiary/aromatic N) is 3. The third-order valence-electron chi connectivity index (χ3n) is 7.78. The highest BCUT2D eigenvalue weighted by Gasteiger charge is 2.31. The largest absolute Gasteiger partial charge is 0.508 e. The summed E-state index contributed by atoms with van der Waals surface area (Å²) >= 11 is 0. The Kier molecular flexibility index (Phi) is 12.7. The summed E-state index contributed by atoms with van der Waals surface area (Å²) in [6, 6.07) is 11.0. The van der Waals surface area contributed by atoms with E-state index in [-0.39, 0.29) is 43.4 Å². The second kappa shape index (κ2) is 17.3. The van der Waals surface area contributed by atoms with Gasteiger partial charge in [-0.2, -0.15) is 4.98 Å². The maximum Gasteiger partial charge on any atom is 0.405 e. The van der Waals surface area contributed by atoms with Crippen LogP contribution in [0, 0.1) is 19.3 Å². The standard InChI is InChI=1S/C33H42N10O6/c1-19-13-23(44)14-20(2)24(19)16-25(40-30(46)27(48-33(36)47)9-6-12-38-32(34)35)29(45)41-26(15-22-17-37-18-39-22)31-42-28(43-49-31)11-10-21-7-4-3-5-8-21/h3-5,7-8,13-14,17-18,25-27,44H,6,9-12,15-16H2,1-2H3,(H2,36,47)(H,37,39)(H,40,46)(H,41,45)(H4,34,35,38). The Balaban J connectivity index is 1.58. The van der Waals surface area contributed by atoms with E-state index in [4.69, 9.17) is 26.1 Å². The number of benzene rings is 2. The van der Waals surface area contributed by atoms with Gasteiger partial charge in [0, 0.05) is 32.0 Å². The predicted octanol–water partition coefficient (Wildman–Crippen LogP) is 1.76. The summed E-state index contributed by atoms with van der Waals surface area (Å²) in [5.74, 6) is -0.888. The van der Waals surface area contributed by atoms with Gasteiger partial charge in [-0.15, -0.1) is 0 Å². The minimum absolute atomic E-state index is 0.0337. The van der Waals surface area contributed by atoms with Crippen molar-refractivity contribution < 1.29 is 28.8 Å². The number of nitrogens with one attached hydrogen (secondary N) is 5. The molecule has 10 N–H and O–H groups in total. The zero-order valence-electron chi connectivity index (χ0n) is 27.4. The van der Waals surface area contributed by atoms with Crippen LogP contribution in [0.5, 0.6) is 5.75 Å². The molecule has 0 aliphatic heterocycles. The fourth-order valence-corrected chi connectivity index (χ4v) is 5.36. The number of aromatic amines is 1. The summed E-state index contributed by atoms with van der Waals surface area (Å²) < 4.78 is 10.7. The Morgan fingerprint density at radius 3 is 2.43 bits per heavy atom. The summed E-state index contributed by atoms with van der Waals surface area (Å²) in [7, 11) is 0. The molecule has 3 unspecified atom stereocenters. The average molecular weight is 675 g/mol. The molecule has 49 heavy (non-hydrogen) atoms. The predicted molar refractivity (Wildman–Crippen MR) is 178 cm³/mol. The van der Waals surface area contributed by atoms with Gasteiger partial charge >= 0.3 is 6.09 Å². The number of amides is 3. The van der Waals surface area contributed by atoms with E-state index in [1.54, 1.807) is 32.2 Å². The summed E-state index contributed by atoms with van der Waals surface area (Å²) in [5, 5.41) is 29.8. The maximum atomic E-state index is 14.1. The van der Waals surface area contributed by atoms with Crippen molar-refractivity contribution in [3.63, 3.8) is 0 Å². The first kappa shape index (κ1) is 35.9. The van der Waals surface area contributed by atoms with Gasteiger partial charge in [-0.3, -0.25) is 15.0 Å². The molecule has 4 rings (SSSR count). The first-order chi connectivity index (χ1) is 23.5. The fourth-order valence-electron chi connectivity index (χ4n) is 5.36. The van der Waals surface area contributed by atoms with E-state index in [2.05, 4.69) is 36.1 Å². The van der Waals surface area contributed by atoms with Crippen molar-refractivity contribution >= 4 is 23.9 Å². The maximum absolute atomic E-state index is 14.1. The molecule has 2 heterocycles. The molecule has 0 fully saturated rings. The van der Waals surface area contributed by atoms with Crippen LogP contribution in [0.15, 0.2) is 59.5 Å². The number of aryl methyl sites for hydroxylation is 4. The van der Waals surface area contributed by atoms with Gasteiger partial charge in [-0.25, -0.2) is 9.78 Å². The van der Waals surface area contributed by atoms with Crippen molar-refractivity contribution in [2.45, 2.75) is 70.6 Å². The van der Waals surface area contributed by atoms with E-state index in [0.717, 1.165) is 11.1 Å². The molecule has 2 aromatic heterocycles. The molecule has 3 atom stereocenters. The SMILES string of the molecule is Cc1cc(O)cc(C)c1CC(NC(=O)C(CCCNC(=N)N)OC(N)=O)C(=O)NC(Cc1c[nH]cn1)c1nc(CCc2ccccc2)no1. The van der Waals surface area contributed by atoms with E-state index in [0.29, 0.717) is 41.9 Å².